The van der Waals surface area contributed by atoms with Crippen LogP contribution in [0.3, 0.4) is 0 Å². The first kappa shape index (κ1) is 14.8. The van der Waals surface area contributed by atoms with Crippen LogP contribution in [0, 0.1) is 0 Å². The van der Waals surface area contributed by atoms with Gasteiger partial charge in [-0.1, -0.05) is 48.5 Å². The SMILES string of the molecule is O=C(O/C(=C\c1ccccc1)C(F)(F)F)c1ccccc1. The fourth-order valence-electron chi connectivity index (χ4n) is 1.60. The summed E-state index contributed by atoms with van der Waals surface area (Å²) < 4.78 is 43.3. The Labute approximate surface area is 119 Å². The zero-order valence-electron chi connectivity index (χ0n) is 10.8. The Morgan fingerprint density at radius 3 is 1.95 bits per heavy atom. The van der Waals surface area contributed by atoms with Crippen LogP contribution in [0.1, 0.15) is 15.9 Å². The molecule has 2 rings (SSSR count). The summed E-state index contributed by atoms with van der Waals surface area (Å²) in [5, 5.41) is 0. The second-order valence-corrected chi connectivity index (χ2v) is 4.17. The zero-order chi connectivity index (χ0) is 15.3. The Hall–Kier alpha value is -2.56. The standard InChI is InChI=1S/C16H11F3O2/c17-16(18,19)14(11-12-7-3-1-4-8-12)21-15(20)13-9-5-2-6-10-13/h1-11H/b14-11-. The average molecular weight is 292 g/mol. The molecular weight excluding hydrogens is 281 g/mol. The molecule has 0 aliphatic heterocycles. The second-order valence-electron chi connectivity index (χ2n) is 4.17. The predicted molar refractivity (Wildman–Crippen MR) is 72.3 cm³/mol. The maximum atomic E-state index is 12.9. The van der Waals surface area contributed by atoms with E-state index in [1.165, 1.54) is 24.3 Å². The van der Waals surface area contributed by atoms with Gasteiger partial charge in [0.15, 0.2) is 0 Å². The van der Waals surface area contributed by atoms with Crippen molar-refractivity contribution >= 4 is 12.0 Å². The van der Waals surface area contributed by atoms with E-state index >= 15 is 0 Å². The average Bonchev–Trinajstić information content (AvgIpc) is 2.47. The maximum Gasteiger partial charge on any atom is 0.449 e. The summed E-state index contributed by atoms with van der Waals surface area (Å²) in [5.41, 5.74) is 0.353. The van der Waals surface area contributed by atoms with Crippen molar-refractivity contribution in [3.63, 3.8) is 0 Å². The molecule has 0 saturated carbocycles. The minimum atomic E-state index is -4.75. The molecule has 21 heavy (non-hydrogen) atoms. The van der Waals surface area contributed by atoms with Gasteiger partial charge in [-0.2, -0.15) is 13.2 Å². The van der Waals surface area contributed by atoms with Crippen molar-refractivity contribution in [2.45, 2.75) is 6.18 Å². The smallest absolute Gasteiger partial charge is 0.418 e. The number of carbonyl (C=O) groups excluding carboxylic acids is 1. The molecule has 0 unspecified atom stereocenters. The lowest BCUT2D eigenvalue weighted by Crippen LogP contribution is -2.18. The quantitative estimate of drug-likeness (QED) is 0.617. The molecule has 0 N–H and O–H groups in total. The fraction of sp³-hybridized carbons (Fsp3) is 0.0625. The van der Waals surface area contributed by atoms with E-state index in [9.17, 15) is 18.0 Å². The van der Waals surface area contributed by atoms with Crippen molar-refractivity contribution in [1.82, 2.24) is 0 Å². The lowest BCUT2D eigenvalue weighted by Gasteiger charge is -2.12. The number of carbonyl (C=O) groups is 1. The van der Waals surface area contributed by atoms with E-state index in [1.807, 2.05) is 0 Å². The number of ether oxygens (including phenoxy) is 1. The van der Waals surface area contributed by atoms with Crippen LogP contribution < -0.4 is 0 Å². The highest BCUT2D eigenvalue weighted by atomic mass is 19.4. The highest BCUT2D eigenvalue weighted by Crippen LogP contribution is 2.29. The van der Waals surface area contributed by atoms with Crippen LogP contribution in [0.5, 0.6) is 0 Å². The number of alkyl halides is 3. The molecule has 0 spiro atoms. The van der Waals surface area contributed by atoms with Crippen molar-refractivity contribution in [2.75, 3.05) is 0 Å². The number of esters is 1. The minimum absolute atomic E-state index is 0.0562. The number of halogens is 3. The van der Waals surface area contributed by atoms with Crippen LogP contribution in [0.25, 0.3) is 6.08 Å². The molecule has 0 aliphatic carbocycles. The van der Waals surface area contributed by atoms with Crippen LogP contribution in [-0.2, 0) is 4.74 Å². The van der Waals surface area contributed by atoms with Crippen LogP contribution >= 0.6 is 0 Å². The van der Waals surface area contributed by atoms with E-state index in [2.05, 4.69) is 4.74 Å². The lowest BCUT2D eigenvalue weighted by molar-refractivity contribution is -0.121. The van der Waals surface area contributed by atoms with Gasteiger partial charge in [0.1, 0.15) is 0 Å². The highest BCUT2D eigenvalue weighted by molar-refractivity contribution is 5.90. The summed E-state index contributed by atoms with van der Waals surface area (Å²) in [4.78, 5) is 11.7. The van der Waals surface area contributed by atoms with Crippen molar-refractivity contribution in [3.8, 4) is 0 Å². The predicted octanol–water partition coefficient (Wildman–Crippen LogP) is 4.45. The van der Waals surface area contributed by atoms with Crippen molar-refractivity contribution < 1.29 is 22.7 Å². The number of hydrogen-bond donors (Lipinski definition) is 0. The molecule has 2 aromatic rings. The Morgan fingerprint density at radius 2 is 1.43 bits per heavy atom. The second kappa shape index (κ2) is 6.26. The van der Waals surface area contributed by atoms with Gasteiger partial charge in [0.05, 0.1) is 5.56 Å². The molecule has 0 aliphatic rings. The van der Waals surface area contributed by atoms with Crippen LogP contribution in [0.15, 0.2) is 66.4 Å². The number of hydrogen-bond acceptors (Lipinski definition) is 2. The Balaban J connectivity index is 2.27. The third kappa shape index (κ3) is 4.21. The summed E-state index contributed by atoms with van der Waals surface area (Å²) in [5.74, 6) is -2.39. The van der Waals surface area contributed by atoms with E-state index in [-0.39, 0.29) is 5.56 Å². The molecule has 0 amide bonds. The van der Waals surface area contributed by atoms with Gasteiger partial charge in [-0.3, -0.25) is 0 Å². The topological polar surface area (TPSA) is 26.3 Å². The first-order valence-electron chi connectivity index (χ1n) is 6.08. The molecular formula is C16H11F3O2. The minimum Gasteiger partial charge on any atom is -0.418 e. The molecule has 0 atom stereocenters. The first-order valence-corrected chi connectivity index (χ1v) is 6.08. The van der Waals surface area contributed by atoms with Gasteiger partial charge >= 0.3 is 12.1 Å². The van der Waals surface area contributed by atoms with Gasteiger partial charge < -0.3 is 4.74 Å². The van der Waals surface area contributed by atoms with Crippen LogP contribution in [-0.4, -0.2) is 12.1 Å². The molecule has 0 heterocycles. The highest BCUT2D eigenvalue weighted by Gasteiger charge is 2.37. The zero-order valence-corrected chi connectivity index (χ0v) is 10.8. The molecule has 5 heteroatoms. The number of rotatable bonds is 3. The number of benzene rings is 2. The molecule has 0 bridgehead atoms. The van der Waals surface area contributed by atoms with E-state index in [0.717, 1.165) is 6.08 Å². The fourth-order valence-corrected chi connectivity index (χ4v) is 1.60. The summed E-state index contributed by atoms with van der Waals surface area (Å²) in [7, 11) is 0. The third-order valence-electron chi connectivity index (χ3n) is 2.59. The van der Waals surface area contributed by atoms with Crippen LogP contribution in [0.4, 0.5) is 13.2 Å². The van der Waals surface area contributed by atoms with E-state index in [4.69, 9.17) is 0 Å². The lowest BCUT2D eigenvalue weighted by atomic mass is 10.2. The van der Waals surface area contributed by atoms with Gasteiger partial charge in [-0.25, -0.2) is 4.79 Å². The molecule has 2 aromatic carbocycles. The molecule has 2 nitrogen and oxygen atoms in total. The summed E-state index contributed by atoms with van der Waals surface area (Å²) in [6, 6.07) is 15.4. The molecule has 0 saturated heterocycles. The van der Waals surface area contributed by atoms with E-state index in [1.54, 1.807) is 36.4 Å². The maximum absolute atomic E-state index is 12.9. The third-order valence-corrected chi connectivity index (χ3v) is 2.59. The molecule has 0 fully saturated rings. The van der Waals surface area contributed by atoms with Gasteiger partial charge in [0.25, 0.3) is 0 Å². The van der Waals surface area contributed by atoms with Gasteiger partial charge in [0, 0.05) is 0 Å². The largest absolute Gasteiger partial charge is 0.449 e. The van der Waals surface area contributed by atoms with Crippen molar-refractivity contribution in [2.24, 2.45) is 0 Å². The molecule has 108 valence electrons. The summed E-state index contributed by atoms with van der Waals surface area (Å²) in [6.45, 7) is 0. The monoisotopic (exact) mass is 292 g/mol. The van der Waals surface area contributed by atoms with E-state index in [0.29, 0.717) is 5.56 Å². The van der Waals surface area contributed by atoms with Gasteiger partial charge in [-0.15, -0.1) is 0 Å². The van der Waals surface area contributed by atoms with Gasteiger partial charge in [0.2, 0.25) is 5.76 Å². The Bertz CT molecular complexity index is 632. The van der Waals surface area contributed by atoms with Gasteiger partial charge in [-0.05, 0) is 23.8 Å². The summed E-state index contributed by atoms with van der Waals surface area (Å²) in [6.07, 6.45) is -3.96. The molecule has 0 aromatic heterocycles. The summed E-state index contributed by atoms with van der Waals surface area (Å²) >= 11 is 0. The Morgan fingerprint density at radius 1 is 0.905 bits per heavy atom. The van der Waals surface area contributed by atoms with Crippen molar-refractivity contribution in [3.05, 3.63) is 77.5 Å². The van der Waals surface area contributed by atoms with E-state index < -0.39 is 17.9 Å². The molecule has 0 radical (unpaired) electrons. The van der Waals surface area contributed by atoms with Crippen molar-refractivity contribution in [1.29, 1.82) is 0 Å². The first-order chi connectivity index (χ1) is 9.97. The number of allylic oxidation sites excluding steroid dienone is 1. The van der Waals surface area contributed by atoms with Crippen LogP contribution in [0.2, 0.25) is 0 Å². The normalized spacial score (nSPS) is 12.0. The Kier molecular flexibility index (Phi) is 4.42.